The number of fused-ring (bicyclic) bond motifs is 1. The third kappa shape index (κ3) is 1.97. The van der Waals surface area contributed by atoms with E-state index in [0.717, 1.165) is 6.42 Å². The average molecular weight is 256 g/mol. The Labute approximate surface area is 111 Å². The molecule has 19 heavy (non-hydrogen) atoms. The molecule has 3 N–H and O–H groups in total. The second-order valence-electron chi connectivity index (χ2n) is 4.88. The first kappa shape index (κ1) is 11.8. The van der Waals surface area contributed by atoms with Crippen LogP contribution in [0.3, 0.4) is 0 Å². The van der Waals surface area contributed by atoms with E-state index in [1.54, 1.807) is 7.05 Å². The first-order valence-electron chi connectivity index (χ1n) is 6.30. The van der Waals surface area contributed by atoms with E-state index >= 15 is 0 Å². The van der Waals surface area contributed by atoms with Crippen molar-refractivity contribution in [3.63, 3.8) is 0 Å². The summed E-state index contributed by atoms with van der Waals surface area (Å²) in [7, 11) is 1.72. The van der Waals surface area contributed by atoms with Gasteiger partial charge in [-0.15, -0.1) is 0 Å². The van der Waals surface area contributed by atoms with E-state index in [2.05, 4.69) is 22.5 Å². The number of nitrogens with two attached hydrogens (primary N) is 1. The molecule has 1 amide bonds. The van der Waals surface area contributed by atoms with Gasteiger partial charge in [0.05, 0.1) is 6.20 Å². The number of nitrogens with one attached hydrogen (secondary N) is 1. The zero-order chi connectivity index (χ0) is 13.4. The summed E-state index contributed by atoms with van der Waals surface area (Å²) in [5, 5.41) is 6.89. The second-order valence-corrected chi connectivity index (χ2v) is 4.88. The van der Waals surface area contributed by atoms with Crippen molar-refractivity contribution in [2.75, 3.05) is 12.3 Å². The highest BCUT2D eigenvalue weighted by atomic mass is 16.1. The number of anilines is 1. The molecule has 1 aliphatic carbocycles. The van der Waals surface area contributed by atoms with Gasteiger partial charge < -0.3 is 11.1 Å². The van der Waals surface area contributed by atoms with Gasteiger partial charge in [-0.1, -0.05) is 24.3 Å². The van der Waals surface area contributed by atoms with Crippen molar-refractivity contribution in [1.29, 1.82) is 0 Å². The van der Waals surface area contributed by atoms with Crippen molar-refractivity contribution >= 4 is 11.7 Å². The highest BCUT2D eigenvalue weighted by Gasteiger charge is 2.26. The Morgan fingerprint density at radius 3 is 3.00 bits per heavy atom. The van der Waals surface area contributed by atoms with Crippen LogP contribution in [0.2, 0.25) is 0 Å². The fourth-order valence-corrected chi connectivity index (χ4v) is 2.48. The van der Waals surface area contributed by atoms with Crippen LogP contribution in [0.25, 0.3) is 0 Å². The van der Waals surface area contributed by atoms with Crippen LogP contribution in [0.15, 0.2) is 30.5 Å². The van der Waals surface area contributed by atoms with E-state index in [1.165, 1.54) is 22.0 Å². The second kappa shape index (κ2) is 4.42. The van der Waals surface area contributed by atoms with Gasteiger partial charge in [0.15, 0.2) is 0 Å². The number of rotatable bonds is 3. The molecule has 3 rings (SSSR count). The lowest BCUT2D eigenvalue weighted by molar-refractivity contribution is 0.0951. The summed E-state index contributed by atoms with van der Waals surface area (Å²) >= 11 is 0. The fourth-order valence-electron chi connectivity index (χ4n) is 2.48. The standard InChI is InChI=1S/C14H16N4O/c1-18-13(15)12(8-17-18)14(19)16-7-10-6-9-4-2-3-5-11(9)10/h2-5,8,10H,6-7,15H2,1H3,(H,16,19). The Balaban J connectivity index is 1.63. The third-order valence-corrected chi connectivity index (χ3v) is 3.70. The van der Waals surface area contributed by atoms with Gasteiger partial charge in [0, 0.05) is 19.5 Å². The predicted octanol–water partition coefficient (Wildman–Crippen LogP) is 1.07. The SMILES string of the molecule is Cn1ncc(C(=O)NCC2Cc3ccccc32)c1N. The zero-order valence-electron chi connectivity index (χ0n) is 10.8. The number of amides is 1. The van der Waals surface area contributed by atoms with Gasteiger partial charge in [0.1, 0.15) is 11.4 Å². The summed E-state index contributed by atoms with van der Waals surface area (Å²) in [6.07, 6.45) is 2.53. The van der Waals surface area contributed by atoms with Crippen LogP contribution in [-0.4, -0.2) is 22.2 Å². The number of aryl methyl sites for hydroxylation is 1. The van der Waals surface area contributed by atoms with Gasteiger partial charge in [0.2, 0.25) is 0 Å². The van der Waals surface area contributed by atoms with Crippen LogP contribution < -0.4 is 11.1 Å². The zero-order valence-corrected chi connectivity index (χ0v) is 10.8. The first-order valence-corrected chi connectivity index (χ1v) is 6.30. The maximum Gasteiger partial charge on any atom is 0.256 e. The molecule has 1 heterocycles. The Kier molecular flexibility index (Phi) is 2.74. The number of nitrogens with zero attached hydrogens (tertiary/aromatic N) is 2. The summed E-state index contributed by atoms with van der Waals surface area (Å²) in [4.78, 5) is 12.0. The minimum Gasteiger partial charge on any atom is -0.383 e. The largest absolute Gasteiger partial charge is 0.383 e. The third-order valence-electron chi connectivity index (χ3n) is 3.70. The summed E-state index contributed by atoms with van der Waals surface area (Å²) in [6, 6.07) is 8.33. The summed E-state index contributed by atoms with van der Waals surface area (Å²) in [6.45, 7) is 0.643. The van der Waals surface area contributed by atoms with Gasteiger partial charge in [-0.3, -0.25) is 9.48 Å². The lowest BCUT2D eigenvalue weighted by Gasteiger charge is -2.30. The molecule has 0 radical (unpaired) electrons. The molecule has 2 aromatic rings. The van der Waals surface area contributed by atoms with Crippen LogP contribution in [0.1, 0.15) is 27.4 Å². The van der Waals surface area contributed by atoms with Gasteiger partial charge in [-0.25, -0.2) is 0 Å². The number of hydrogen-bond acceptors (Lipinski definition) is 3. The van der Waals surface area contributed by atoms with Gasteiger partial charge >= 0.3 is 0 Å². The lowest BCUT2D eigenvalue weighted by Crippen LogP contribution is -2.33. The van der Waals surface area contributed by atoms with Crippen LogP contribution >= 0.6 is 0 Å². The van der Waals surface area contributed by atoms with Gasteiger partial charge in [0.25, 0.3) is 5.91 Å². The Hall–Kier alpha value is -2.30. The maximum absolute atomic E-state index is 12.0. The van der Waals surface area contributed by atoms with E-state index in [9.17, 15) is 4.79 Å². The molecule has 0 saturated heterocycles. The molecule has 1 atom stereocenters. The molecule has 0 fully saturated rings. The minimum atomic E-state index is -0.157. The predicted molar refractivity (Wildman–Crippen MR) is 72.8 cm³/mol. The number of carbonyl (C=O) groups excluding carboxylic acids is 1. The van der Waals surface area contributed by atoms with Crippen molar-refractivity contribution in [3.8, 4) is 0 Å². The van der Waals surface area contributed by atoms with Crippen molar-refractivity contribution < 1.29 is 4.79 Å². The Morgan fingerprint density at radius 1 is 1.53 bits per heavy atom. The van der Waals surface area contributed by atoms with Crippen LogP contribution in [0, 0.1) is 0 Å². The van der Waals surface area contributed by atoms with Gasteiger partial charge in [-0.2, -0.15) is 5.10 Å². The quantitative estimate of drug-likeness (QED) is 0.862. The maximum atomic E-state index is 12.0. The number of aromatic nitrogens is 2. The monoisotopic (exact) mass is 256 g/mol. The minimum absolute atomic E-state index is 0.157. The van der Waals surface area contributed by atoms with Crippen LogP contribution in [0.5, 0.6) is 0 Å². The normalized spacial score (nSPS) is 16.6. The van der Waals surface area contributed by atoms with Crippen molar-refractivity contribution in [1.82, 2.24) is 15.1 Å². The molecule has 0 bridgehead atoms. The Bertz CT molecular complexity index is 632. The number of carbonyl (C=O) groups is 1. The summed E-state index contributed by atoms with van der Waals surface area (Å²) < 4.78 is 1.49. The highest BCUT2D eigenvalue weighted by molar-refractivity contribution is 5.98. The number of nitrogen functional groups attached to an aromatic ring is 1. The smallest absolute Gasteiger partial charge is 0.256 e. The molecular weight excluding hydrogens is 240 g/mol. The molecular formula is C14H16N4O. The van der Waals surface area contributed by atoms with Crippen molar-refractivity contribution in [2.24, 2.45) is 7.05 Å². The molecule has 1 unspecified atom stereocenters. The summed E-state index contributed by atoms with van der Waals surface area (Å²) in [5.74, 6) is 0.652. The van der Waals surface area contributed by atoms with Crippen molar-refractivity contribution in [3.05, 3.63) is 47.2 Å². The molecule has 98 valence electrons. The molecule has 1 aliphatic rings. The topological polar surface area (TPSA) is 72.9 Å². The average Bonchev–Trinajstić information content (AvgIpc) is 2.71. The number of benzene rings is 1. The molecule has 1 aromatic heterocycles. The summed E-state index contributed by atoms with van der Waals surface area (Å²) in [5.41, 5.74) is 8.93. The first-order chi connectivity index (χ1) is 9.16. The van der Waals surface area contributed by atoms with Crippen LogP contribution in [-0.2, 0) is 13.5 Å². The van der Waals surface area contributed by atoms with E-state index < -0.39 is 0 Å². The van der Waals surface area contributed by atoms with Crippen LogP contribution in [0.4, 0.5) is 5.82 Å². The lowest BCUT2D eigenvalue weighted by atomic mass is 9.77. The molecule has 0 saturated carbocycles. The van der Waals surface area contributed by atoms with E-state index in [1.807, 2.05) is 12.1 Å². The van der Waals surface area contributed by atoms with Crippen molar-refractivity contribution in [2.45, 2.75) is 12.3 Å². The van der Waals surface area contributed by atoms with E-state index in [-0.39, 0.29) is 5.91 Å². The molecule has 5 heteroatoms. The Morgan fingerprint density at radius 2 is 2.32 bits per heavy atom. The molecule has 5 nitrogen and oxygen atoms in total. The van der Waals surface area contributed by atoms with Gasteiger partial charge in [-0.05, 0) is 17.5 Å². The fraction of sp³-hybridized carbons (Fsp3) is 0.286. The molecule has 0 spiro atoms. The molecule has 1 aromatic carbocycles. The number of hydrogen-bond donors (Lipinski definition) is 2. The highest BCUT2D eigenvalue weighted by Crippen LogP contribution is 2.34. The van der Waals surface area contributed by atoms with E-state index in [0.29, 0.717) is 23.8 Å². The molecule has 0 aliphatic heterocycles. The van der Waals surface area contributed by atoms with E-state index in [4.69, 9.17) is 5.73 Å².